The molecule has 0 aromatic carbocycles. The van der Waals surface area contributed by atoms with Crippen molar-refractivity contribution in [1.82, 2.24) is 5.32 Å². The molecule has 0 aromatic rings. The van der Waals surface area contributed by atoms with Crippen LogP contribution in [0.2, 0.25) is 0 Å². The van der Waals surface area contributed by atoms with Crippen molar-refractivity contribution in [3.8, 4) is 0 Å². The van der Waals surface area contributed by atoms with Gasteiger partial charge in [0.2, 0.25) is 0 Å². The Kier molecular flexibility index (Phi) is 4.39. The van der Waals surface area contributed by atoms with Crippen LogP contribution in [-0.4, -0.2) is 25.8 Å². The first kappa shape index (κ1) is 12.0. The first-order valence-electron chi connectivity index (χ1n) is 5.88. The Morgan fingerprint density at radius 3 is 2.71 bits per heavy atom. The lowest BCUT2D eigenvalue weighted by Gasteiger charge is -2.43. The Morgan fingerprint density at radius 1 is 1.43 bits per heavy atom. The summed E-state index contributed by atoms with van der Waals surface area (Å²) in [5.74, 6) is 0. The molecule has 0 amide bonds. The average Bonchev–Trinajstić information content (AvgIpc) is 2.14. The van der Waals surface area contributed by atoms with Crippen molar-refractivity contribution in [3.05, 3.63) is 0 Å². The molecular formula is C12H25NO. The van der Waals surface area contributed by atoms with Crippen molar-refractivity contribution in [2.45, 2.75) is 58.6 Å². The van der Waals surface area contributed by atoms with Gasteiger partial charge >= 0.3 is 0 Å². The quantitative estimate of drug-likeness (QED) is 0.751. The Morgan fingerprint density at radius 2 is 2.14 bits per heavy atom. The van der Waals surface area contributed by atoms with Crippen molar-refractivity contribution in [2.24, 2.45) is 5.41 Å². The molecule has 1 aliphatic carbocycles. The number of rotatable bonds is 4. The van der Waals surface area contributed by atoms with E-state index in [-0.39, 0.29) is 0 Å². The molecule has 0 aliphatic heterocycles. The van der Waals surface area contributed by atoms with Crippen molar-refractivity contribution in [3.63, 3.8) is 0 Å². The summed E-state index contributed by atoms with van der Waals surface area (Å²) in [6.07, 6.45) is 5.43. The van der Waals surface area contributed by atoms with Crippen LogP contribution in [0.25, 0.3) is 0 Å². The molecule has 2 heteroatoms. The number of hydrogen-bond donors (Lipinski definition) is 1. The third-order valence-electron chi connectivity index (χ3n) is 3.44. The molecule has 2 nitrogen and oxygen atoms in total. The molecule has 1 fully saturated rings. The largest absolute Gasteiger partial charge is 0.380 e. The molecule has 2 atom stereocenters. The Bertz CT molecular complexity index is 168. The minimum Gasteiger partial charge on any atom is -0.380 e. The van der Waals surface area contributed by atoms with Gasteiger partial charge in [0.05, 0.1) is 6.10 Å². The van der Waals surface area contributed by atoms with E-state index in [0.717, 1.165) is 6.54 Å². The van der Waals surface area contributed by atoms with E-state index < -0.39 is 0 Å². The van der Waals surface area contributed by atoms with Gasteiger partial charge in [0.15, 0.2) is 0 Å². The van der Waals surface area contributed by atoms with Crippen LogP contribution in [0.5, 0.6) is 0 Å². The molecule has 2 unspecified atom stereocenters. The van der Waals surface area contributed by atoms with E-state index in [1.54, 1.807) is 0 Å². The van der Waals surface area contributed by atoms with E-state index in [2.05, 4.69) is 26.1 Å². The van der Waals surface area contributed by atoms with Gasteiger partial charge in [-0.1, -0.05) is 27.2 Å². The maximum Gasteiger partial charge on any atom is 0.0729 e. The second-order valence-electron chi connectivity index (χ2n) is 5.09. The standard InChI is InChI=1S/C12H25NO/c1-5-9-13-11-10(14-4)7-6-8-12(11,2)3/h10-11,13H,5-9H2,1-4H3. The molecule has 14 heavy (non-hydrogen) atoms. The molecule has 0 aromatic heterocycles. The van der Waals surface area contributed by atoms with Crippen molar-refractivity contribution in [2.75, 3.05) is 13.7 Å². The Labute approximate surface area is 88.4 Å². The second kappa shape index (κ2) is 5.13. The molecule has 1 saturated carbocycles. The molecular weight excluding hydrogens is 174 g/mol. The maximum atomic E-state index is 5.57. The highest BCUT2D eigenvalue weighted by Crippen LogP contribution is 2.36. The highest BCUT2D eigenvalue weighted by Gasteiger charge is 2.38. The van der Waals surface area contributed by atoms with Gasteiger partial charge in [0, 0.05) is 13.2 Å². The molecule has 84 valence electrons. The molecule has 0 spiro atoms. The Hall–Kier alpha value is -0.0800. The van der Waals surface area contributed by atoms with Gasteiger partial charge in [-0.25, -0.2) is 0 Å². The van der Waals surface area contributed by atoms with Crippen molar-refractivity contribution in [1.29, 1.82) is 0 Å². The van der Waals surface area contributed by atoms with Crippen molar-refractivity contribution >= 4 is 0 Å². The molecule has 1 rings (SSSR count). The minimum atomic E-state index is 0.383. The van der Waals surface area contributed by atoms with Gasteiger partial charge in [-0.05, 0) is 31.2 Å². The smallest absolute Gasteiger partial charge is 0.0729 e. The molecule has 0 bridgehead atoms. The van der Waals surface area contributed by atoms with E-state index in [4.69, 9.17) is 4.74 Å². The third kappa shape index (κ3) is 2.71. The van der Waals surface area contributed by atoms with E-state index >= 15 is 0 Å². The lowest BCUT2D eigenvalue weighted by Crippen LogP contribution is -2.53. The SMILES string of the molecule is CCCNC1C(OC)CCCC1(C)C. The zero-order valence-electron chi connectivity index (χ0n) is 10.1. The molecule has 0 saturated heterocycles. The fourth-order valence-corrected chi connectivity index (χ4v) is 2.55. The second-order valence-corrected chi connectivity index (χ2v) is 5.09. The first-order chi connectivity index (χ1) is 6.61. The highest BCUT2D eigenvalue weighted by molar-refractivity contribution is 4.94. The van der Waals surface area contributed by atoms with Gasteiger partial charge < -0.3 is 10.1 Å². The average molecular weight is 199 g/mol. The number of nitrogens with one attached hydrogen (secondary N) is 1. The summed E-state index contributed by atoms with van der Waals surface area (Å²) in [4.78, 5) is 0. The third-order valence-corrected chi connectivity index (χ3v) is 3.44. The summed E-state index contributed by atoms with van der Waals surface area (Å²) in [6, 6.07) is 0.529. The monoisotopic (exact) mass is 199 g/mol. The van der Waals surface area contributed by atoms with Gasteiger partial charge in [-0.2, -0.15) is 0 Å². The van der Waals surface area contributed by atoms with E-state index in [1.165, 1.54) is 25.7 Å². The Balaban J connectivity index is 2.59. The predicted octanol–water partition coefficient (Wildman–Crippen LogP) is 2.58. The summed E-state index contributed by atoms with van der Waals surface area (Å²) < 4.78 is 5.57. The topological polar surface area (TPSA) is 21.3 Å². The van der Waals surface area contributed by atoms with Gasteiger partial charge in [-0.3, -0.25) is 0 Å². The van der Waals surface area contributed by atoms with E-state index in [9.17, 15) is 0 Å². The summed E-state index contributed by atoms with van der Waals surface area (Å²) in [7, 11) is 1.84. The maximum absolute atomic E-state index is 5.57. The van der Waals surface area contributed by atoms with Crippen LogP contribution in [-0.2, 0) is 4.74 Å². The zero-order chi connectivity index (χ0) is 10.6. The first-order valence-corrected chi connectivity index (χ1v) is 5.88. The van der Waals surface area contributed by atoms with Gasteiger partial charge in [0.25, 0.3) is 0 Å². The number of methoxy groups -OCH3 is 1. The van der Waals surface area contributed by atoms with Crippen LogP contribution in [0.15, 0.2) is 0 Å². The fraction of sp³-hybridized carbons (Fsp3) is 1.00. The lowest BCUT2D eigenvalue weighted by molar-refractivity contribution is -0.0114. The summed E-state index contributed by atoms with van der Waals surface area (Å²) >= 11 is 0. The van der Waals surface area contributed by atoms with Crippen LogP contribution >= 0.6 is 0 Å². The summed E-state index contributed by atoms with van der Waals surface area (Å²) in [6.45, 7) is 8.02. The molecule has 1 N–H and O–H groups in total. The summed E-state index contributed by atoms with van der Waals surface area (Å²) in [5.41, 5.74) is 0.383. The van der Waals surface area contributed by atoms with Crippen LogP contribution in [0, 0.1) is 5.41 Å². The van der Waals surface area contributed by atoms with E-state index in [1.807, 2.05) is 7.11 Å². The summed E-state index contributed by atoms with van der Waals surface area (Å²) in [5, 5.41) is 3.64. The predicted molar refractivity (Wildman–Crippen MR) is 60.5 cm³/mol. The van der Waals surface area contributed by atoms with Crippen molar-refractivity contribution < 1.29 is 4.74 Å². The highest BCUT2D eigenvalue weighted by atomic mass is 16.5. The zero-order valence-corrected chi connectivity index (χ0v) is 10.1. The number of hydrogen-bond acceptors (Lipinski definition) is 2. The molecule has 0 radical (unpaired) electrons. The van der Waals surface area contributed by atoms with Gasteiger partial charge in [0.1, 0.15) is 0 Å². The minimum absolute atomic E-state index is 0.383. The van der Waals surface area contributed by atoms with E-state index in [0.29, 0.717) is 17.6 Å². The molecule has 1 aliphatic rings. The van der Waals surface area contributed by atoms with Gasteiger partial charge in [-0.15, -0.1) is 0 Å². The van der Waals surface area contributed by atoms with Crippen LogP contribution in [0.4, 0.5) is 0 Å². The normalized spacial score (nSPS) is 31.7. The van der Waals surface area contributed by atoms with Crippen LogP contribution in [0.1, 0.15) is 46.5 Å². The fourth-order valence-electron chi connectivity index (χ4n) is 2.55. The lowest BCUT2D eigenvalue weighted by atomic mass is 9.71. The van der Waals surface area contributed by atoms with Crippen LogP contribution < -0.4 is 5.32 Å². The van der Waals surface area contributed by atoms with Crippen LogP contribution in [0.3, 0.4) is 0 Å². The molecule has 0 heterocycles. The number of ether oxygens (including phenoxy) is 1.